The zero-order chi connectivity index (χ0) is 14.5. The first-order chi connectivity index (χ1) is 9.39. The summed E-state index contributed by atoms with van der Waals surface area (Å²) in [4.78, 5) is 24.3. The molecule has 3 nitrogen and oxygen atoms in total. The van der Waals surface area contributed by atoms with Gasteiger partial charge in [-0.1, -0.05) is 0 Å². The minimum Gasteiger partial charge on any atom is -0.325 e. The number of rotatable bonds is 2. The van der Waals surface area contributed by atoms with E-state index in [1.54, 1.807) is 12.1 Å². The molecule has 1 aliphatic heterocycles. The Morgan fingerprint density at radius 3 is 2.65 bits per heavy atom. The summed E-state index contributed by atoms with van der Waals surface area (Å²) in [6, 6.07) is 7.20. The van der Waals surface area contributed by atoms with E-state index in [0.717, 1.165) is 15.0 Å². The van der Waals surface area contributed by atoms with Gasteiger partial charge in [0.15, 0.2) is 5.78 Å². The SMILES string of the molecule is CC1(C)C(=O)Nc2ccc(C(=O)c3csc(Br)c3)cc21. The normalized spacial score (nSPS) is 15.8. The zero-order valence-electron chi connectivity index (χ0n) is 11.0. The van der Waals surface area contributed by atoms with Crippen LogP contribution in [0, 0.1) is 0 Å². The van der Waals surface area contributed by atoms with Gasteiger partial charge < -0.3 is 5.32 Å². The van der Waals surface area contributed by atoms with E-state index in [9.17, 15) is 9.59 Å². The average molecular weight is 350 g/mol. The molecule has 2 heterocycles. The molecule has 0 unspecified atom stereocenters. The highest BCUT2D eigenvalue weighted by Gasteiger charge is 2.38. The fraction of sp³-hybridized carbons (Fsp3) is 0.200. The standard InChI is InChI=1S/C15H12BrNO2S/c1-15(2)10-5-8(3-4-11(10)17-14(15)19)13(18)9-6-12(16)20-7-9/h3-7H,1-2H3,(H,17,19). The molecule has 1 N–H and O–H groups in total. The van der Waals surface area contributed by atoms with Crippen molar-refractivity contribution in [2.24, 2.45) is 0 Å². The molecule has 0 saturated heterocycles. The molecule has 1 aromatic heterocycles. The Bertz CT molecular complexity index is 733. The van der Waals surface area contributed by atoms with Crippen LogP contribution in [0.2, 0.25) is 0 Å². The smallest absolute Gasteiger partial charge is 0.234 e. The third-order valence-corrected chi connectivity index (χ3v) is 5.11. The third kappa shape index (κ3) is 2.01. The van der Waals surface area contributed by atoms with Crippen molar-refractivity contribution in [2.45, 2.75) is 19.3 Å². The zero-order valence-corrected chi connectivity index (χ0v) is 13.4. The summed E-state index contributed by atoms with van der Waals surface area (Å²) < 4.78 is 0.930. The number of carbonyl (C=O) groups is 2. The highest BCUT2D eigenvalue weighted by molar-refractivity contribution is 9.11. The molecule has 20 heavy (non-hydrogen) atoms. The predicted octanol–water partition coefficient (Wildman–Crippen LogP) is 3.97. The van der Waals surface area contributed by atoms with E-state index in [2.05, 4.69) is 21.2 Å². The Morgan fingerprint density at radius 1 is 1.25 bits per heavy atom. The van der Waals surface area contributed by atoms with Crippen LogP contribution in [0.15, 0.2) is 33.4 Å². The van der Waals surface area contributed by atoms with Crippen molar-refractivity contribution in [3.63, 3.8) is 0 Å². The maximum Gasteiger partial charge on any atom is 0.234 e. The molecule has 1 aromatic carbocycles. The molecular weight excluding hydrogens is 338 g/mol. The molecule has 102 valence electrons. The summed E-state index contributed by atoms with van der Waals surface area (Å²) in [5, 5.41) is 4.67. The minimum atomic E-state index is -0.596. The van der Waals surface area contributed by atoms with Crippen LogP contribution >= 0.6 is 27.3 Å². The van der Waals surface area contributed by atoms with Crippen LogP contribution in [-0.4, -0.2) is 11.7 Å². The Morgan fingerprint density at radius 2 is 2.00 bits per heavy atom. The lowest BCUT2D eigenvalue weighted by Crippen LogP contribution is -2.27. The number of anilines is 1. The number of ketones is 1. The summed E-state index contributed by atoms with van der Waals surface area (Å²) in [5.41, 5.74) is 2.35. The van der Waals surface area contributed by atoms with E-state index in [4.69, 9.17) is 0 Å². The number of halogens is 1. The number of nitrogens with one attached hydrogen (secondary N) is 1. The second-order valence-electron chi connectivity index (χ2n) is 5.31. The van der Waals surface area contributed by atoms with Crippen molar-refractivity contribution < 1.29 is 9.59 Å². The van der Waals surface area contributed by atoms with Gasteiger partial charge in [0.25, 0.3) is 0 Å². The van der Waals surface area contributed by atoms with Gasteiger partial charge in [-0.05, 0) is 59.6 Å². The molecule has 0 atom stereocenters. The quantitative estimate of drug-likeness (QED) is 0.833. The maximum atomic E-state index is 12.4. The van der Waals surface area contributed by atoms with E-state index in [-0.39, 0.29) is 11.7 Å². The van der Waals surface area contributed by atoms with Crippen molar-refractivity contribution in [1.82, 2.24) is 0 Å². The van der Waals surface area contributed by atoms with E-state index in [0.29, 0.717) is 11.1 Å². The number of carbonyl (C=O) groups excluding carboxylic acids is 2. The molecule has 0 fully saturated rings. The molecule has 0 saturated carbocycles. The molecule has 1 aliphatic rings. The lowest BCUT2D eigenvalue weighted by molar-refractivity contribution is -0.119. The van der Waals surface area contributed by atoms with Crippen molar-refractivity contribution >= 4 is 44.6 Å². The maximum absolute atomic E-state index is 12.4. The lowest BCUT2D eigenvalue weighted by Gasteiger charge is -2.15. The van der Waals surface area contributed by atoms with Gasteiger partial charge in [-0.3, -0.25) is 9.59 Å². The van der Waals surface area contributed by atoms with Gasteiger partial charge in [0.2, 0.25) is 5.91 Å². The molecule has 0 radical (unpaired) electrons. The molecule has 5 heteroatoms. The first-order valence-corrected chi connectivity index (χ1v) is 7.81. The fourth-order valence-electron chi connectivity index (χ4n) is 2.31. The van der Waals surface area contributed by atoms with Crippen LogP contribution in [0.5, 0.6) is 0 Å². The van der Waals surface area contributed by atoms with Crippen LogP contribution in [0.1, 0.15) is 35.3 Å². The molecular formula is C15H12BrNO2S. The van der Waals surface area contributed by atoms with E-state index in [1.165, 1.54) is 11.3 Å². The topological polar surface area (TPSA) is 46.2 Å². The van der Waals surface area contributed by atoms with Crippen LogP contribution in [0.4, 0.5) is 5.69 Å². The molecule has 0 aliphatic carbocycles. The summed E-state index contributed by atoms with van der Waals surface area (Å²) in [5.74, 6) is -0.0553. The van der Waals surface area contributed by atoms with Crippen molar-refractivity contribution in [3.8, 4) is 0 Å². The van der Waals surface area contributed by atoms with E-state index >= 15 is 0 Å². The van der Waals surface area contributed by atoms with E-state index < -0.39 is 5.41 Å². The number of hydrogen-bond acceptors (Lipinski definition) is 3. The third-order valence-electron chi connectivity index (χ3n) is 3.60. The first kappa shape index (κ1) is 13.5. The number of thiophene rings is 1. The van der Waals surface area contributed by atoms with Crippen LogP contribution in [0.3, 0.4) is 0 Å². The van der Waals surface area contributed by atoms with Crippen LogP contribution in [-0.2, 0) is 10.2 Å². The summed E-state index contributed by atoms with van der Waals surface area (Å²) >= 11 is 4.84. The Kier molecular flexibility index (Phi) is 3.06. The van der Waals surface area contributed by atoms with Gasteiger partial charge in [0, 0.05) is 22.2 Å². The number of hydrogen-bond donors (Lipinski definition) is 1. The van der Waals surface area contributed by atoms with Crippen molar-refractivity contribution in [2.75, 3.05) is 5.32 Å². The minimum absolute atomic E-state index is 0.0232. The fourth-order valence-corrected chi connectivity index (χ4v) is 3.44. The Labute approximate surface area is 129 Å². The second kappa shape index (κ2) is 4.53. The second-order valence-corrected chi connectivity index (χ2v) is 7.60. The van der Waals surface area contributed by atoms with Gasteiger partial charge in [-0.15, -0.1) is 11.3 Å². The molecule has 1 amide bonds. The summed E-state index contributed by atoms with van der Waals surface area (Å²) in [7, 11) is 0. The van der Waals surface area contributed by atoms with Gasteiger partial charge in [0.1, 0.15) is 0 Å². The van der Waals surface area contributed by atoms with Crippen molar-refractivity contribution in [1.29, 1.82) is 0 Å². The highest BCUT2D eigenvalue weighted by Crippen LogP contribution is 2.38. The monoisotopic (exact) mass is 349 g/mol. The van der Waals surface area contributed by atoms with Gasteiger partial charge in [-0.25, -0.2) is 0 Å². The molecule has 2 aromatic rings. The summed E-state index contributed by atoms with van der Waals surface area (Å²) in [6.45, 7) is 3.73. The van der Waals surface area contributed by atoms with Crippen LogP contribution < -0.4 is 5.32 Å². The molecule has 0 bridgehead atoms. The predicted molar refractivity (Wildman–Crippen MR) is 83.5 cm³/mol. The van der Waals surface area contributed by atoms with Gasteiger partial charge in [0.05, 0.1) is 9.20 Å². The Hall–Kier alpha value is -1.46. The molecule has 3 rings (SSSR count). The van der Waals surface area contributed by atoms with Crippen molar-refractivity contribution in [3.05, 3.63) is 50.1 Å². The first-order valence-electron chi connectivity index (χ1n) is 6.14. The summed E-state index contributed by atoms with van der Waals surface area (Å²) in [6.07, 6.45) is 0. The van der Waals surface area contributed by atoms with E-state index in [1.807, 2.05) is 31.4 Å². The van der Waals surface area contributed by atoms with Crippen LogP contribution in [0.25, 0.3) is 0 Å². The number of fused-ring (bicyclic) bond motifs is 1. The van der Waals surface area contributed by atoms with Gasteiger partial charge >= 0.3 is 0 Å². The highest BCUT2D eigenvalue weighted by atomic mass is 79.9. The number of benzene rings is 1. The Balaban J connectivity index is 2.04. The average Bonchev–Trinajstić information content (AvgIpc) is 2.92. The lowest BCUT2D eigenvalue weighted by atomic mass is 9.85. The largest absolute Gasteiger partial charge is 0.325 e. The number of amides is 1. The van der Waals surface area contributed by atoms with Gasteiger partial charge in [-0.2, -0.15) is 0 Å². The molecule has 0 spiro atoms.